The second-order valence-electron chi connectivity index (χ2n) is 4.21. The largest absolute Gasteiger partial charge is 0.399 e. The molecule has 0 radical (unpaired) electrons. The van der Waals surface area contributed by atoms with Crippen LogP contribution < -0.4 is 11.5 Å². The molecule has 1 fully saturated rings. The molecule has 1 atom stereocenters. The summed E-state index contributed by atoms with van der Waals surface area (Å²) in [6.07, 6.45) is 3.90. The van der Waals surface area contributed by atoms with Gasteiger partial charge in [0.05, 0.1) is 6.17 Å². The minimum atomic E-state index is 0.0332. The second kappa shape index (κ2) is 4.64. The molecule has 0 spiro atoms. The molecule has 0 amide bonds. The Balaban J connectivity index is 2.05. The van der Waals surface area contributed by atoms with Gasteiger partial charge in [0.15, 0.2) is 0 Å². The third kappa shape index (κ3) is 2.49. The fraction of sp³-hybridized carbons (Fsp3) is 0.500. The van der Waals surface area contributed by atoms with Crippen LogP contribution in [-0.2, 0) is 0 Å². The van der Waals surface area contributed by atoms with Gasteiger partial charge < -0.3 is 11.5 Å². The van der Waals surface area contributed by atoms with Crippen LogP contribution in [0.25, 0.3) is 0 Å². The molecule has 1 unspecified atom stereocenters. The average Bonchev–Trinajstić information content (AvgIpc) is 2.30. The lowest BCUT2D eigenvalue weighted by molar-refractivity contribution is 0.167. The van der Waals surface area contributed by atoms with E-state index in [0.717, 1.165) is 24.3 Å². The fourth-order valence-corrected chi connectivity index (χ4v) is 2.10. The normalized spacial score (nSPS) is 20.1. The van der Waals surface area contributed by atoms with Gasteiger partial charge in [0.25, 0.3) is 0 Å². The zero-order valence-corrected chi connectivity index (χ0v) is 9.02. The maximum Gasteiger partial charge on any atom is 0.0835 e. The van der Waals surface area contributed by atoms with Crippen LogP contribution in [0.1, 0.15) is 31.0 Å². The van der Waals surface area contributed by atoms with E-state index >= 15 is 0 Å². The van der Waals surface area contributed by atoms with Crippen LogP contribution >= 0.6 is 0 Å². The summed E-state index contributed by atoms with van der Waals surface area (Å²) in [5.74, 6) is 0. The number of likely N-dealkylation sites (tertiary alicyclic amines) is 1. The van der Waals surface area contributed by atoms with Gasteiger partial charge in [0, 0.05) is 5.69 Å². The number of hydrogen-bond acceptors (Lipinski definition) is 3. The molecule has 15 heavy (non-hydrogen) atoms. The monoisotopic (exact) mass is 205 g/mol. The molecule has 3 heteroatoms. The lowest BCUT2D eigenvalue weighted by Gasteiger charge is -2.32. The van der Waals surface area contributed by atoms with Crippen LogP contribution in [0.4, 0.5) is 5.69 Å². The zero-order chi connectivity index (χ0) is 10.7. The summed E-state index contributed by atoms with van der Waals surface area (Å²) in [5, 5.41) is 0. The Morgan fingerprint density at radius 2 is 1.60 bits per heavy atom. The molecule has 0 aliphatic carbocycles. The van der Waals surface area contributed by atoms with Gasteiger partial charge in [-0.3, -0.25) is 4.90 Å². The molecule has 1 aliphatic heterocycles. The summed E-state index contributed by atoms with van der Waals surface area (Å²) >= 11 is 0. The van der Waals surface area contributed by atoms with Crippen LogP contribution in [-0.4, -0.2) is 18.0 Å². The minimum Gasteiger partial charge on any atom is -0.399 e. The van der Waals surface area contributed by atoms with E-state index in [1.165, 1.54) is 19.3 Å². The Morgan fingerprint density at radius 3 is 2.20 bits per heavy atom. The van der Waals surface area contributed by atoms with E-state index in [0.29, 0.717) is 0 Å². The summed E-state index contributed by atoms with van der Waals surface area (Å²) in [7, 11) is 0. The molecule has 0 saturated carbocycles. The first kappa shape index (κ1) is 10.5. The van der Waals surface area contributed by atoms with Crippen molar-refractivity contribution in [1.82, 2.24) is 4.90 Å². The number of anilines is 1. The Morgan fingerprint density at radius 1 is 1.00 bits per heavy atom. The summed E-state index contributed by atoms with van der Waals surface area (Å²) in [4.78, 5) is 2.34. The van der Waals surface area contributed by atoms with E-state index in [4.69, 9.17) is 11.5 Å². The van der Waals surface area contributed by atoms with Gasteiger partial charge in [0.1, 0.15) is 0 Å². The van der Waals surface area contributed by atoms with Crippen LogP contribution in [0, 0.1) is 0 Å². The van der Waals surface area contributed by atoms with Gasteiger partial charge in [0.2, 0.25) is 0 Å². The summed E-state index contributed by atoms with van der Waals surface area (Å²) in [5.41, 5.74) is 13.8. The summed E-state index contributed by atoms with van der Waals surface area (Å²) < 4.78 is 0. The molecule has 1 heterocycles. The third-order valence-corrected chi connectivity index (χ3v) is 3.06. The lowest BCUT2D eigenvalue weighted by Crippen LogP contribution is -2.38. The van der Waals surface area contributed by atoms with Gasteiger partial charge in [-0.15, -0.1) is 0 Å². The van der Waals surface area contributed by atoms with Crippen molar-refractivity contribution in [3.05, 3.63) is 29.8 Å². The molecule has 1 aromatic rings. The van der Waals surface area contributed by atoms with Crippen molar-refractivity contribution in [3.8, 4) is 0 Å². The predicted octanol–water partition coefficient (Wildman–Crippen LogP) is 1.71. The highest BCUT2D eigenvalue weighted by Gasteiger charge is 2.17. The average molecular weight is 205 g/mol. The van der Waals surface area contributed by atoms with E-state index in [9.17, 15) is 0 Å². The van der Waals surface area contributed by atoms with E-state index in [1.54, 1.807) is 0 Å². The Kier molecular flexibility index (Phi) is 3.23. The number of nitrogens with zero attached hydrogens (tertiary/aromatic N) is 1. The molecular weight excluding hydrogens is 186 g/mol. The second-order valence-corrected chi connectivity index (χ2v) is 4.21. The number of piperidine rings is 1. The first-order valence-corrected chi connectivity index (χ1v) is 5.62. The van der Waals surface area contributed by atoms with Crippen LogP contribution in [0.5, 0.6) is 0 Å². The van der Waals surface area contributed by atoms with Crippen molar-refractivity contribution in [2.75, 3.05) is 18.8 Å². The van der Waals surface area contributed by atoms with Crippen molar-refractivity contribution in [2.45, 2.75) is 25.4 Å². The van der Waals surface area contributed by atoms with Crippen LogP contribution in [0.15, 0.2) is 24.3 Å². The molecular formula is C12H19N3. The predicted molar refractivity (Wildman–Crippen MR) is 63.2 cm³/mol. The maximum absolute atomic E-state index is 6.20. The van der Waals surface area contributed by atoms with Gasteiger partial charge in [-0.2, -0.15) is 0 Å². The lowest BCUT2D eigenvalue weighted by atomic mass is 10.1. The van der Waals surface area contributed by atoms with E-state index < -0.39 is 0 Å². The molecule has 4 N–H and O–H groups in total. The molecule has 0 aromatic heterocycles. The van der Waals surface area contributed by atoms with Crippen molar-refractivity contribution in [2.24, 2.45) is 5.73 Å². The smallest absolute Gasteiger partial charge is 0.0835 e. The number of nitrogens with two attached hydrogens (primary N) is 2. The van der Waals surface area contributed by atoms with Crippen LogP contribution in [0.3, 0.4) is 0 Å². The highest BCUT2D eigenvalue weighted by atomic mass is 15.2. The van der Waals surface area contributed by atoms with Crippen molar-refractivity contribution in [1.29, 1.82) is 0 Å². The van der Waals surface area contributed by atoms with E-state index in [1.807, 2.05) is 24.3 Å². The molecule has 1 aliphatic rings. The number of benzene rings is 1. The maximum atomic E-state index is 6.20. The Labute approximate surface area is 91.1 Å². The number of rotatable bonds is 2. The quantitative estimate of drug-likeness (QED) is 0.723. The standard InChI is InChI=1S/C12H19N3/c13-11-6-4-10(5-7-11)12(14)15-8-2-1-3-9-15/h4-7,12H,1-3,8-9,13-14H2. The molecule has 3 nitrogen and oxygen atoms in total. The number of hydrogen-bond donors (Lipinski definition) is 2. The Bertz CT molecular complexity index is 301. The third-order valence-electron chi connectivity index (χ3n) is 3.06. The molecule has 1 aromatic carbocycles. The molecule has 0 bridgehead atoms. The Hall–Kier alpha value is -1.06. The van der Waals surface area contributed by atoms with Gasteiger partial charge in [-0.05, 0) is 43.6 Å². The van der Waals surface area contributed by atoms with Crippen molar-refractivity contribution in [3.63, 3.8) is 0 Å². The number of nitrogen functional groups attached to an aromatic ring is 1. The van der Waals surface area contributed by atoms with Crippen LogP contribution in [0.2, 0.25) is 0 Å². The highest BCUT2D eigenvalue weighted by molar-refractivity contribution is 5.39. The first-order chi connectivity index (χ1) is 7.27. The highest BCUT2D eigenvalue weighted by Crippen LogP contribution is 2.20. The summed E-state index contributed by atoms with van der Waals surface area (Å²) in [6, 6.07) is 7.88. The summed E-state index contributed by atoms with van der Waals surface area (Å²) in [6.45, 7) is 2.23. The SMILES string of the molecule is Nc1ccc(C(N)N2CCCCC2)cc1. The van der Waals surface area contributed by atoms with Gasteiger partial charge in [-0.25, -0.2) is 0 Å². The van der Waals surface area contributed by atoms with Crippen molar-refractivity contribution < 1.29 is 0 Å². The van der Waals surface area contributed by atoms with E-state index in [-0.39, 0.29) is 6.17 Å². The molecule has 1 saturated heterocycles. The van der Waals surface area contributed by atoms with E-state index in [2.05, 4.69) is 4.90 Å². The fourth-order valence-electron chi connectivity index (χ4n) is 2.10. The minimum absolute atomic E-state index is 0.0332. The topological polar surface area (TPSA) is 55.3 Å². The van der Waals surface area contributed by atoms with Gasteiger partial charge in [-0.1, -0.05) is 18.6 Å². The first-order valence-electron chi connectivity index (χ1n) is 5.62. The van der Waals surface area contributed by atoms with Crippen molar-refractivity contribution >= 4 is 5.69 Å². The molecule has 82 valence electrons. The van der Waals surface area contributed by atoms with Gasteiger partial charge >= 0.3 is 0 Å². The zero-order valence-electron chi connectivity index (χ0n) is 9.02. The molecule has 2 rings (SSSR count).